The van der Waals surface area contributed by atoms with Crippen molar-refractivity contribution in [2.45, 2.75) is 12.8 Å². The molecule has 23 heavy (non-hydrogen) atoms. The lowest BCUT2D eigenvalue weighted by Crippen LogP contribution is -2.24. The maximum atomic E-state index is 11.1. The van der Waals surface area contributed by atoms with Gasteiger partial charge in [-0.3, -0.25) is 4.79 Å². The van der Waals surface area contributed by atoms with Gasteiger partial charge in [0.15, 0.2) is 0 Å². The summed E-state index contributed by atoms with van der Waals surface area (Å²) in [5, 5.41) is 10.2. The van der Waals surface area contributed by atoms with Gasteiger partial charge in [0, 0.05) is 10.9 Å². The summed E-state index contributed by atoms with van der Waals surface area (Å²) >= 11 is 0. The van der Waals surface area contributed by atoms with Crippen LogP contribution in [0.5, 0.6) is 0 Å². The first-order valence-corrected chi connectivity index (χ1v) is 7.71. The minimum atomic E-state index is -0.710. The Balaban J connectivity index is 1.87. The summed E-state index contributed by atoms with van der Waals surface area (Å²) in [6.45, 7) is 0. The molecular formula is C20H16O3. The Morgan fingerprint density at radius 3 is 2.43 bits per heavy atom. The Hall–Kier alpha value is -2.81. The Morgan fingerprint density at radius 1 is 1.00 bits per heavy atom. The topological polar surface area (TPSA) is 50.4 Å². The van der Waals surface area contributed by atoms with E-state index in [-0.39, 0.29) is 5.92 Å². The molecule has 3 heteroatoms. The molecule has 114 valence electrons. The molecule has 1 aromatic heterocycles. The van der Waals surface area contributed by atoms with Crippen LogP contribution in [-0.4, -0.2) is 11.1 Å². The van der Waals surface area contributed by atoms with Crippen LogP contribution in [-0.2, 0) is 4.79 Å². The van der Waals surface area contributed by atoms with Crippen LogP contribution in [0.3, 0.4) is 0 Å². The molecule has 1 aliphatic carbocycles. The van der Waals surface area contributed by atoms with Crippen LogP contribution < -0.4 is 0 Å². The van der Waals surface area contributed by atoms with Gasteiger partial charge in [-0.2, -0.15) is 0 Å². The highest BCUT2D eigenvalue weighted by Crippen LogP contribution is 2.43. The zero-order valence-corrected chi connectivity index (χ0v) is 12.5. The SMILES string of the molecule is O=C(O)C1CC(=C(c2ccccc2)c2coc3ccccc23)C1. The van der Waals surface area contributed by atoms with Gasteiger partial charge in [0.1, 0.15) is 5.58 Å². The largest absolute Gasteiger partial charge is 0.481 e. The molecule has 0 atom stereocenters. The van der Waals surface area contributed by atoms with E-state index in [0.717, 1.165) is 27.7 Å². The average Bonchev–Trinajstić information content (AvgIpc) is 2.94. The Kier molecular flexibility index (Phi) is 3.27. The lowest BCUT2D eigenvalue weighted by Gasteiger charge is -2.29. The van der Waals surface area contributed by atoms with Crippen molar-refractivity contribution >= 4 is 22.5 Å². The maximum Gasteiger partial charge on any atom is 0.307 e. The number of carboxylic acids is 1. The number of para-hydroxylation sites is 1. The van der Waals surface area contributed by atoms with Crippen LogP contribution in [0, 0.1) is 5.92 Å². The lowest BCUT2D eigenvalue weighted by atomic mass is 9.75. The highest BCUT2D eigenvalue weighted by molar-refractivity contribution is 5.97. The molecule has 0 amide bonds. The molecule has 4 rings (SSSR count). The van der Waals surface area contributed by atoms with Crippen LogP contribution in [0.4, 0.5) is 0 Å². The highest BCUT2D eigenvalue weighted by atomic mass is 16.4. The molecule has 1 saturated carbocycles. The number of benzene rings is 2. The summed E-state index contributed by atoms with van der Waals surface area (Å²) in [4.78, 5) is 11.1. The standard InChI is InChI=1S/C20H16O3/c21-20(22)15-10-14(11-15)19(13-6-2-1-3-7-13)17-12-23-18-9-5-4-8-16(17)18/h1-9,12,15H,10-11H2,(H,21,22). The fraction of sp³-hybridized carbons (Fsp3) is 0.150. The number of furan rings is 1. The number of allylic oxidation sites excluding steroid dienone is 1. The number of fused-ring (bicyclic) bond motifs is 1. The monoisotopic (exact) mass is 304 g/mol. The molecule has 1 aliphatic rings. The van der Waals surface area contributed by atoms with Gasteiger partial charge in [-0.1, -0.05) is 54.1 Å². The van der Waals surface area contributed by atoms with Crippen LogP contribution in [0.25, 0.3) is 16.5 Å². The highest BCUT2D eigenvalue weighted by Gasteiger charge is 2.33. The summed E-state index contributed by atoms with van der Waals surface area (Å²) in [5.74, 6) is -0.972. The third-order valence-corrected chi connectivity index (χ3v) is 4.50. The molecule has 1 heterocycles. The van der Waals surface area contributed by atoms with E-state index < -0.39 is 5.97 Å². The zero-order chi connectivity index (χ0) is 15.8. The van der Waals surface area contributed by atoms with E-state index in [2.05, 4.69) is 12.1 Å². The molecule has 1 fully saturated rings. The number of rotatable bonds is 3. The van der Waals surface area contributed by atoms with Crippen molar-refractivity contribution in [3.63, 3.8) is 0 Å². The van der Waals surface area contributed by atoms with Gasteiger partial charge in [0.2, 0.25) is 0 Å². The summed E-state index contributed by atoms with van der Waals surface area (Å²) in [6.07, 6.45) is 3.01. The second kappa shape index (κ2) is 5.43. The van der Waals surface area contributed by atoms with E-state index in [1.165, 1.54) is 5.57 Å². The predicted molar refractivity (Wildman–Crippen MR) is 89.0 cm³/mol. The Morgan fingerprint density at radius 2 is 1.70 bits per heavy atom. The fourth-order valence-electron chi connectivity index (χ4n) is 3.24. The molecule has 0 radical (unpaired) electrons. The second-order valence-electron chi connectivity index (χ2n) is 5.93. The average molecular weight is 304 g/mol. The van der Waals surface area contributed by atoms with Gasteiger partial charge in [0.05, 0.1) is 12.2 Å². The predicted octanol–water partition coefficient (Wildman–Crippen LogP) is 4.73. The van der Waals surface area contributed by atoms with Crippen LogP contribution in [0.2, 0.25) is 0 Å². The molecule has 0 aliphatic heterocycles. The molecule has 3 nitrogen and oxygen atoms in total. The Labute approximate surface area is 133 Å². The van der Waals surface area contributed by atoms with Crippen LogP contribution in [0.15, 0.2) is 70.9 Å². The van der Waals surface area contributed by atoms with Crippen molar-refractivity contribution in [3.05, 3.63) is 77.6 Å². The summed E-state index contributed by atoms with van der Waals surface area (Å²) in [7, 11) is 0. The van der Waals surface area contributed by atoms with Crippen molar-refractivity contribution in [2.75, 3.05) is 0 Å². The molecular weight excluding hydrogens is 288 g/mol. The molecule has 0 bridgehead atoms. The first-order valence-electron chi connectivity index (χ1n) is 7.71. The second-order valence-corrected chi connectivity index (χ2v) is 5.93. The van der Waals surface area contributed by atoms with E-state index >= 15 is 0 Å². The number of carbonyl (C=O) groups is 1. The minimum absolute atomic E-state index is 0.262. The van der Waals surface area contributed by atoms with Crippen molar-refractivity contribution < 1.29 is 14.3 Å². The summed E-state index contributed by atoms with van der Waals surface area (Å²) < 4.78 is 5.69. The van der Waals surface area contributed by atoms with Crippen molar-refractivity contribution in [3.8, 4) is 0 Å². The summed E-state index contributed by atoms with van der Waals surface area (Å²) in [6, 6.07) is 18.1. The van der Waals surface area contributed by atoms with Gasteiger partial charge < -0.3 is 9.52 Å². The van der Waals surface area contributed by atoms with E-state index in [9.17, 15) is 4.79 Å². The molecule has 0 unspecified atom stereocenters. The van der Waals surface area contributed by atoms with Gasteiger partial charge in [-0.25, -0.2) is 0 Å². The molecule has 2 aromatic carbocycles. The van der Waals surface area contributed by atoms with Crippen LogP contribution in [0.1, 0.15) is 24.0 Å². The minimum Gasteiger partial charge on any atom is -0.481 e. The first-order chi connectivity index (χ1) is 11.2. The number of hydrogen-bond donors (Lipinski definition) is 1. The van der Waals surface area contributed by atoms with Crippen molar-refractivity contribution in [1.82, 2.24) is 0 Å². The van der Waals surface area contributed by atoms with E-state index in [0.29, 0.717) is 12.8 Å². The lowest BCUT2D eigenvalue weighted by molar-refractivity contribution is -0.143. The van der Waals surface area contributed by atoms with Crippen molar-refractivity contribution in [1.29, 1.82) is 0 Å². The smallest absolute Gasteiger partial charge is 0.307 e. The Bertz CT molecular complexity index is 895. The maximum absolute atomic E-state index is 11.1. The molecule has 0 saturated heterocycles. The van der Waals surface area contributed by atoms with E-state index in [1.807, 2.05) is 42.5 Å². The molecule has 3 aromatic rings. The number of aliphatic carboxylic acids is 1. The molecule has 0 spiro atoms. The fourth-order valence-corrected chi connectivity index (χ4v) is 3.24. The van der Waals surface area contributed by atoms with Crippen molar-refractivity contribution in [2.24, 2.45) is 5.92 Å². The van der Waals surface area contributed by atoms with Gasteiger partial charge in [0.25, 0.3) is 0 Å². The third-order valence-electron chi connectivity index (χ3n) is 4.50. The first kappa shape index (κ1) is 13.8. The zero-order valence-electron chi connectivity index (χ0n) is 12.5. The van der Waals surface area contributed by atoms with E-state index in [4.69, 9.17) is 9.52 Å². The van der Waals surface area contributed by atoms with Crippen LogP contribution >= 0.6 is 0 Å². The van der Waals surface area contributed by atoms with Gasteiger partial charge in [-0.15, -0.1) is 0 Å². The summed E-state index contributed by atoms with van der Waals surface area (Å²) in [5.41, 5.74) is 5.32. The van der Waals surface area contributed by atoms with E-state index in [1.54, 1.807) is 6.26 Å². The van der Waals surface area contributed by atoms with Gasteiger partial charge in [-0.05, 0) is 30.0 Å². The normalized spacial score (nSPS) is 17.0. The molecule has 1 N–H and O–H groups in total. The van der Waals surface area contributed by atoms with Gasteiger partial charge >= 0.3 is 5.97 Å². The quantitative estimate of drug-likeness (QED) is 0.761. The number of carboxylic acid groups (broad SMARTS) is 1. The third kappa shape index (κ3) is 2.34. The number of hydrogen-bond acceptors (Lipinski definition) is 2.